The fourth-order valence-electron chi connectivity index (χ4n) is 4.91. The second-order valence-electron chi connectivity index (χ2n) is 10.8. The van der Waals surface area contributed by atoms with Crippen LogP contribution in [0.25, 0.3) is 10.9 Å². The summed E-state index contributed by atoms with van der Waals surface area (Å²) in [7, 11) is -4.44. The maximum Gasteiger partial charge on any atom is 1.00 e. The molecule has 1 saturated heterocycles. The van der Waals surface area contributed by atoms with Gasteiger partial charge in [0.05, 0.1) is 6.04 Å². The molecule has 1 aliphatic rings. The van der Waals surface area contributed by atoms with Gasteiger partial charge in [0, 0.05) is 44.3 Å². The van der Waals surface area contributed by atoms with E-state index in [1.54, 1.807) is 26.1 Å². The predicted octanol–water partition coefficient (Wildman–Crippen LogP) is -1.78. The van der Waals surface area contributed by atoms with E-state index in [-0.39, 0.29) is 48.3 Å². The Balaban J connectivity index is 0.00000675. The van der Waals surface area contributed by atoms with E-state index in [4.69, 9.17) is 18.7 Å². The van der Waals surface area contributed by atoms with E-state index < -0.39 is 73.9 Å². The molecule has 1 aliphatic heterocycles. The molecule has 3 rings (SSSR count). The smallest absolute Gasteiger partial charge is 0.861 e. The Kier molecular flexibility index (Phi) is 13.8. The molecule has 16 heteroatoms. The van der Waals surface area contributed by atoms with E-state index >= 15 is 0 Å². The van der Waals surface area contributed by atoms with Gasteiger partial charge in [0.15, 0.2) is 6.10 Å². The summed E-state index contributed by atoms with van der Waals surface area (Å²) in [4.78, 5) is 69.5. The van der Waals surface area contributed by atoms with Crippen LogP contribution in [0.5, 0.6) is 0 Å². The second kappa shape index (κ2) is 16.1. The topological polar surface area (TPSA) is 212 Å². The summed E-state index contributed by atoms with van der Waals surface area (Å²) in [6.07, 6.45) is -2.39. The summed E-state index contributed by atoms with van der Waals surface area (Å²) in [5.74, 6) is -6.75. The van der Waals surface area contributed by atoms with Crippen molar-refractivity contribution in [1.29, 1.82) is 0 Å². The number of nitrogens with zero attached hydrogens (tertiary/aromatic N) is 1. The van der Waals surface area contributed by atoms with Gasteiger partial charge >= 0.3 is 53.4 Å². The number of carboxylic acid groups (broad SMARTS) is 1. The number of H-pyrrole nitrogens is 1. The number of carbonyl (C=O) groups is 4. The SMILES string of the molecule is CC(=O)O[C@@H]1[C@@H](OC(C)=O)[C@@H](OC(C)=O)[P+]([O-])(N[C@@H](CC(C)C)C([O-])=N[C@@H](Cc2c[nH]c3ccccc23)C(=O)O)O[C@H]1C.[Na+]. The maximum atomic E-state index is 14.4. The van der Waals surface area contributed by atoms with Gasteiger partial charge in [-0.3, -0.25) is 19.4 Å². The van der Waals surface area contributed by atoms with Crippen LogP contribution in [-0.4, -0.2) is 76.1 Å². The number of carbonyl (C=O) groups excluding carboxylic acids is 3. The molecule has 236 valence electrons. The Morgan fingerprint density at radius 2 is 1.66 bits per heavy atom. The monoisotopic (exact) mass is 645 g/mol. The van der Waals surface area contributed by atoms with Gasteiger partial charge in [-0.05, 0) is 36.8 Å². The number of aromatic amines is 1. The van der Waals surface area contributed by atoms with Crippen LogP contribution in [0.2, 0.25) is 0 Å². The summed E-state index contributed by atoms with van der Waals surface area (Å²) in [6.45, 7) is 8.18. The van der Waals surface area contributed by atoms with Gasteiger partial charge in [0.2, 0.25) is 14.0 Å². The summed E-state index contributed by atoms with van der Waals surface area (Å²) in [5.41, 5.74) is 1.43. The van der Waals surface area contributed by atoms with Crippen molar-refractivity contribution in [2.45, 2.75) is 90.6 Å². The Bertz CT molecular complexity index is 1370. The van der Waals surface area contributed by atoms with Crippen molar-refractivity contribution in [2.24, 2.45) is 10.9 Å². The van der Waals surface area contributed by atoms with E-state index in [1.807, 2.05) is 18.2 Å². The fourth-order valence-corrected chi connectivity index (χ4v) is 7.41. The van der Waals surface area contributed by atoms with Crippen LogP contribution in [0, 0.1) is 5.92 Å². The summed E-state index contributed by atoms with van der Waals surface area (Å²) < 4.78 is 21.6. The Morgan fingerprint density at radius 3 is 2.23 bits per heavy atom. The molecule has 0 bridgehead atoms. The van der Waals surface area contributed by atoms with Gasteiger partial charge in [-0.25, -0.2) is 9.32 Å². The number of aliphatic imine (C=N–C) groups is 1. The van der Waals surface area contributed by atoms with E-state index in [0.717, 1.165) is 31.7 Å². The zero-order valence-electron chi connectivity index (χ0n) is 25.8. The first-order chi connectivity index (χ1) is 20.1. The molecule has 44 heavy (non-hydrogen) atoms. The molecule has 1 aromatic heterocycles. The molecular weight excluding hydrogens is 608 g/mol. The molecule has 2 aromatic rings. The summed E-state index contributed by atoms with van der Waals surface area (Å²) in [5, 5.41) is 26.9. The standard InChI is InChI=1S/C28H38N3O11P.Na/c1-14(2)11-22(26(35)30-23(27(36)37)12-19-13-29-21-10-8-7-9-20(19)21)31-43(38)28(41-18(6)34)25(40-17(5)33)24(15(3)42-43)39-16(4)32;/h7-10,13-15,22-25,28-29H,11-12H2,1-6H3,(H,30,35)(H,31,38)(H,36,37);/q;+1/p-1/t15-,22-,23-,24-,25+,28-,43?;/m0./s1. The van der Waals surface area contributed by atoms with Crippen LogP contribution in [0.1, 0.15) is 53.5 Å². The average Bonchev–Trinajstić information content (AvgIpc) is 3.29. The first-order valence-electron chi connectivity index (χ1n) is 13.7. The number of benzene rings is 1. The quantitative estimate of drug-likeness (QED) is 0.0584. The van der Waals surface area contributed by atoms with E-state index in [0.29, 0.717) is 5.56 Å². The minimum atomic E-state index is -4.44. The number of aromatic nitrogens is 1. The Labute approximate surface area is 277 Å². The van der Waals surface area contributed by atoms with E-state index in [1.165, 1.54) is 6.92 Å². The summed E-state index contributed by atoms with van der Waals surface area (Å²) in [6, 6.07) is 4.46. The molecule has 14 nitrogen and oxygen atoms in total. The third-order valence-corrected chi connectivity index (χ3v) is 9.00. The number of rotatable bonds is 12. The molecule has 0 amide bonds. The normalized spacial score (nSPS) is 25.0. The van der Waals surface area contributed by atoms with Crippen molar-refractivity contribution in [3.63, 3.8) is 0 Å². The zero-order chi connectivity index (χ0) is 32.1. The fraction of sp³-hybridized carbons (Fsp3) is 0.536. The number of hydrogen-bond acceptors (Lipinski definition) is 12. The molecule has 1 unspecified atom stereocenters. The minimum Gasteiger partial charge on any atom is -0.861 e. The molecule has 1 fully saturated rings. The molecule has 0 saturated carbocycles. The van der Waals surface area contributed by atoms with Crippen LogP contribution in [0.4, 0.5) is 0 Å². The number of hydrogen-bond donors (Lipinski definition) is 3. The third kappa shape index (κ3) is 9.71. The van der Waals surface area contributed by atoms with Crippen LogP contribution >= 0.6 is 7.87 Å². The van der Waals surface area contributed by atoms with Crippen molar-refractivity contribution in [2.75, 3.05) is 0 Å². The number of aliphatic carboxylic acids is 1. The van der Waals surface area contributed by atoms with Crippen LogP contribution in [0.15, 0.2) is 35.5 Å². The van der Waals surface area contributed by atoms with Gasteiger partial charge < -0.3 is 34.3 Å². The molecule has 7 atom stereocenters. The minimum absolute atomic E-state index is 0. The average molecular weight is 646 g/mol. The summed E-state index contributed by atoms with van der Waals surface area (Å²) >= 11 is 0. The zero-order valence-corrected chi connectivity index (χ0v) is 28.7. The largest absolute Gasteiger partial charge is 1.00 e. The van der Waals surface area contributed by atoms with Crippen molar-refractivity contribution < 1.29 is 82.6 Å². The molecule has 3 N–H and O–H groups in total. The first kappa shape index (κ1) is 37.6. The number of fused-ring (bicyclic) bond motifs is 1. The van der Waals surface area contributed by atoms with Crippen LogP contribution < -0.4 is 44.6 Å². The molecule has 0 spiro atoms. The first-order valence-corrected chi connectivity index (χ1v) is 15.4. The van der Waals surface area contributed by atoms with Gasteiger partial charge in [0.1, 0.15) is 12.1 Å². The van der Waals surface area contributed by atoms with Gasteiger partial charge in [-0.15, -0.1) is 0 Å². The Morgan fingerprint density at radius 1 is 1.07 bits per heavy atom. The number of carboxylic acids is 1. The molecule has 0 aliphatic carbocycles. The van der Waals surface area contributed by atoms with Gasteiger partial charge in [-0.1, -0.05) is 32.0 Å². The molecular formula is C28H37N3NaO11P. The second-order valence-corrected chi connectivity index (χ2v) is 12.9. The van der Waals surface area contributed by atoms with Crippen molar-refractivity contribution in [3.05, 3.63) is 36.0 Å². The van der Waals surface area contributed by atoms with Gasteiger partial charge in [-0.2, -0.15) is 5.09 Å². The maximum absolute atomic E-state index is 14.4. The predicted molar refractivity (Wildman–Crippen MR) is 151 cm³/mol. The number of para-hydroxylation sites is 1. The van der Waals surface area contributed by atoms with Crippen molar-refractivity contribution in [3.8, 4) is 0 Å². The van der Waals surface area contributed by atoms with E-state index in [2.05, 4.69) is 15.1 Å². The molecule has 1 aromatic carbocycles. The number of esters is 3. The van der Waals surface area contributed by atoms with Gasteiger partial charge in [0.25, 0.3) is 5.85 Å². The van der Waals surface area contributed by atoms with Crippen molar-refractivity contribution >= 4 is 48.5 Å². The van der Waals surface area contributed by atoms with Crippen molar-refractivity contribution in [1.82, 2.24) is 10.1 Å². The van der Waals surface area contributed by atoms with E-state index in [9.17, 15) is 34.3 Å². The third-order valence-electron chi connectivity index (χ3n) is 6.61. The Hall–Kier alpha value is -2.58. The number of ether oxygens (including phenoxy) is 3. The van der Waals surface area contributed by atoms with Crippen LogP contribution in [-0.2, 0) is 44.3 Å². The molecule has 0 radical (unpaired) electrons. The molecule has 2 heterocycles. The van der Waals surface area contributed by atoms with Crippen LogP contribution in [0.3, 0.4) is 0 Å². The number of nitrogens with one attached hydrogen (secondary N) is 2.